The molecule has 17 heavy (non-hydrogen) atoms. The van der Waals surface area contributed by atoms with Gasteiger partial charge in [0.2, 0.25) is 5.91 Å². The van der Waals surface area contributed by atoms with Crippen molar-refractivity contribution < 1.29 is 4.79 Å². The number of thioether (sulfide) groups is 1. The Morgan fingerprint density at radius 3 is 2.41 bits per heavy atom. The number of amides is 1. The van der Waals surface area contributed by atoms with Crippen molar-refractivity contribution in [3.63, 3.8) is 0 Å². The number of rotatable bonds is 7. The van der Waals surface area contributed by atoms with Crippen LogP contribution in [0.5, 0.6) is 0 Å². The zero-order valence-electron chi connectivity index (χ0n) is 11.2. The molecule has 0 spiro atoms. The molecular weight excluding hydrogens is 232 g/mol. The van der Waals surface area contributed by atoms with Crippen LogP contribution in [0.15, 0.2) is 0 Å². The van der Waals surface area contributed by atoms with Crippen LogP contribution in [0.25, 0.3) is 0 Å². The van der Waals surface area contributed by atoms with E-state index in [1.165, 1.54) is 0 Å². The second-order valence-corrected chi connectivity index (χ2v) is 5.76. The average Bonchev–Trinajstić information content (AvgIpc) is 2.39. The minimum absolute atomic E-state index is 0.0578. The van der Waals surface area contributed by atoms with Gasteiger partial charge in [0, 0.05) is 31.1 Å². The highest BCUT2D eigenvalue weighted by molar-refractivity contribution is 7.99. The largest absolute Gasteiger partial charge is 0.341 e. The van der Waals surface area contributed by atoms with Crippen LogP contribution in [0.4, 0.5) is 0 Å². The van der Waals surface area contributed by atoms with Gasteiger partial charge in [-0.25, -0.2) is 0 Å². The molecule has 1 heterocycles. The highest BCUT2D eigenvalue weighted by Gasteiger charge is 2.25. The molecule has 0 bridgehead atoms. The van der Waals surface area contributed by atoms with Gasteiger partial charge in [0.15, 0.2) is 0 Å². The molecule has 1 N–H and O–H groups in total. The normalized spacial score (nSPS) is 20.2. The number of hydrogen-bond donors (Lipinski definition) is 1. The molecule has 1 fully saturated rings. The van der Waals surface area contributed by atoms with Gasteiger partial charge in [0.25, 0.3) is 0 Å². The summed E-state index contributed by atoms with van der Waals surface area (Å²) in [5, 5.41) is 3.34. The molecule has 0 aromatic rings. The lowest BCUT2D eigenvalue weighted by Crippen LogP contribution is -2.51. The summed E-state index contributed by atoms with van der Waals surface area (Å²) < 4.78 is 0. The van der Waals surface area contributed by atoms with E-state index in [1.807, 2.05) is 11.8 Å². The van der Waals surface area contributed by atoms with Gasteiger partial charge in [-0.05, 0) is 12.8 Å². The van der Waals surface area contributed by atoms with Gasteiger partial charge in [0.1, 0.15) is 0 Å². The summed E-state index contributed by atoms with van der Waals surface area (Å²) >= 11 is 1.89. The Bertz CT molecular complexity index is 209. The molecule has 0 aliphatic carbocycles. The summed E-state index contributed by atoms with van der Waals surface area (Å²) in [6.07, 6.45) is 4.55. The van der Waals surface area contributed by atoms with Crippen LogP contribution < -0.4 is 5.32 Å². The van der Waals surface area contributed by atoms with E-state index in [0.29, 0.717) is 5.91 Å². The third-order valence-corrected chi connectivity index (χ3v) is 4.16. The zero-order chi connectivity index (χ0) is 12.5. The van der Waals surface area contributed by atoms with E-state index in [0.717, 1.165) is 56.8 Å². The summed E-state index contributed by atoms with van der Waals surface area (Å²) in [7, 11) is 0. The third kappa shape index (κ3) is 5.30. The molecule has 1 amide bonds. The Morgan fingerprint density at radius 2 is 1.94 bits per heavy atom. The average molecular weight is 258 g/mol. The third-order valence-electron chi connectivity index (χ3n) is 3.09. The molecule has 0 aromatic heterocycles. The molecule has 1 aliphatic rings. The van der Waals surface area contributed by atoms with E-state index in [1.54, 1.807) is 0 Å². The second kappa shape index (κ2) is 8.81. The van der Waals surface area contributed by atoms with Gasteiger partial charge in [-0.3, -0.25) is 4.79 Å². The van der Waals surface area contributed by atoms with E-state index in [-0.39, 0.29) is 6.04 Å². The number of carbonyl (C=O) groups excluding carboxylic acids is 1. The van der Waals surface area contributed by atoms with Crippen LogP contribution in [-0.4, -0.2) is 48.0 Å². The van der Waals surface area contributed by atoms with Crippen molar-refractivity contribution in [1.82, 2.24) is 10.2 Å². The van der Waals surface area contributed by atoms with Gasteiger partial charge >= 0.3 is 0 Å². The lowest BCUT2D eigenvalue weighted by atomic mass is 10.2. The lowest BCUT2D eigenvalue weighted by molar-refractivity contribution is -0.133. The van der Waals surface area contributed by atoms with Gasteiger partial charge in [-0.1, -0.05) is 26.7 Å². The van der Waals surface area contributed by atoms with Gasteiger partial charge in [-0.15, -0.1) is 0 Å². The maximum Gasteiger partial charge on any atom is 0.240 e. The molecule has 1 atom stereocenters. The molecule has 1 unspecified atom stereocenters. The quantitative estimate of drug-likeness (QED) is 0.759. The Hall–Kier alpha value is -0.220. The predicted octanol–water partition coefficient (Wildman–Crippen LogP) is 2.12. The van der Waals surface area contributed by atoms with Crippen LogP contribution in [-0.2, 0) is 4.79 Å². The van der Waals surface area contributed by atoms with Crippen molar-refractivity contribution in [2.24, 2.45) is 0 Å². The first-order valence-electron chi connectivity index (χ1n) is 6.89. The van der Waals surface area contributed by atoms with Crippen LogP contribution in [0.3, 0.4) is 0 Å². The maximum absolute atomic E-state index is 12.4. The topological polar surface area (TPSA) is 32.3 Å². The van der Waals surface area contributed by atoms with E-state index in [2.05, 4.69) is 24.1 Å². The minimum Gasteiger partial charge on any atom is -0.341 e. The fourth-order valence-corrected chi connectivity index (χ4v) is 2.90. The number of nitrogens with one attached hydrogen (secondary N) is 1. The smallest absolute Gasteiger partial charge is 0.240 e. The molecule has 1 rings (SSSR count). The number of carbonyl (C=O) groups is 1. The van der Waals surface area contributed by atoms with Crippen molar-refractivity contribution >= 4 is 17.7 Å². The van der Waals surface area contributed by atoms with E-state index >= 15 is 0 Å². The maximum atomic E-state index is 12.4. The molecule has 0 saturated carbocycles. The summed E-state index contributed by atoms with van der Waals surface area (Å²) in [5.41, 5.74) is 0. The molecule has 1 aliphatic heterocycles. The van der Waals surface area contributed by atoms with Crippen LogP contribution in [0.1, 0.15) is 39.5 Å². The summed E-state index contributed by atoms with van der Waals surface area (Å²) in [5.74, 6) is 2.39. The number of nitrogens with zero attached hydrogens (tertiary/aromatic N) is 1. The Morgan fingerprint density at radius 1 is 1.29 bits per heavy atom. The van der Waals surface area contributed by atoms with Crippen molar-refractivity contribution in [3.8, 4) is 0 Å². The lowest BCUT2D eigenvalue weighted by Gasteiger charge is -2.30. The van der Waals surface area contributed by atoms with Gasteiger partial charge < -0.3 is 10.2 Å². The van der Waals surface area contributed by atoms with E-state index in [4.69, 9.17) is 0 Å². The first-order valence-corrected chi connectivity index (χ1v) is 8.05. The zero-order valence-corrected chi connectivity index (χ0v) is 12.0. The molecule has 100 valence electrons. The predicted molar refractivity (Wildman–Crippen MR) is 75.5 cm³/mol. The van der Waals surface area contributed by atoms with Crippen LogP contribution in [0.2, 0.25) is 0 Å². The number of unbranched alkanes of at least 4 members (excludes halogenated alkanes) is 2. The highest BCUT2D eigenvalue weighted by Crippen LogP contribution is 2.11. The van der Waals surface area contributed by atoms with Crippen LogP contribution in [0, 0.1) is 0 Å². The van der Waals surface area contributed by atoms with Crippen LogP contribution >= 0.6 is 11.8 Å². The fourth-order valence-electron chi connectivity index (χ4n) is 1.97. The SMILES string of the molecule is CCCCN(CCCC)C(=O)C1CSCCN1. The Kier molecular flexibility index (Phi) is 7.69. The monoisotopic (exact) mass is 258 g/mol. The summed E-state index contributed by atoms with van der Waals surface area (Å²) in [6, 6.07) is 0.0578. The molecule has 0 radical (unpaired) electrons. The Labute approximate surface area is 110 Å². The first-order chi connectivity index (χ1) is 8.29. The van der Waals surface area contributed by atoms with Gasteiger partial charge in [0.05, 0.1) is 6.04 Å². The van der Waals surface area contributed by atoms with Crippen molar-refractivity contribution in [2.75, 3.05) is 31.1 Å². The van der Waals surface area contributed by atoms with Crippen molar-refractivity contribution in [2.45, 2.75) is 45.6 Å². The second-order valence-electron chi connectivity index (χ2n) is 4.61. The molecule has 1 saturated heterocycles. The van der Waals surface area contributed by atoms with E-state index < -0.39 is 0 Å². The molecule has 3 nitrogen and oxygen atoms in total. The first kappa shape index (κ1) is 14.8. The summed E-state index contributed by atoms with van der Waals surface area (Å²) in [6.45, 7) is 7.18. The molecule has 0 aromatic carbocycles. The van der Waals surface area contributed by atoms with Gasteiger partial charge in [-0.2, -0.15) is 11.8 Å². The van der Waals surface area contributed by atoms with Crippen molar-refractivity contribution in [3.05, 3.63) is 0 Å². The number of hydrogen-bond acceptors (Lipinski definition) is 3. The van der Waals surface area contributed by atoms with E-state index in [9.17, 15) is 4.79 Å². The van der Waals surface area contributed by atoms with Crippen molar-refractivity contribution in [1.29, 1.82) is 0 Å². The Balaban J connectivity index is 2.44. The summed E-state index contributed by atoms with van der Waals surface area (Å²) in [4.78, 5) is 14.4. The molecule has 4 heteroatoms. The fraction of sp³-hybridized carbons (Fsp3) is 0.923. The standard InChI is InChI=1S/C13H26N2OS/c1-3-5-8-15(9-6-4-2)13(16)12-11-17-10-7-14-12/h12,14H,3-11H2,1-2H3. The minimum atomic E-state index is 0.0578. The highest BCUT2D eigenvalue weighted by atomic mass is 32.2. The molecular formula is C13H26N2OS.